The van der Waals surface area contributed by atoms with E-state index in [2.05, 4.69) is 5.32 Å². The number of benzene rings is 2. The number of carbonyl (C=O) groups is 1. The molecule has 8 heteroatoms. The van der Waals surface area contributed by atoms with Gasteiger partial charge in [-0.15, -0.1) is 0 Å². The van der Waals surface area contributed by atoms with Crippen LogP contribution in [0.4, 0.5) is 22.0 Å². The summed E-state index contributed by atoms with van der Waals surface area (Å²) < 4.78 is 66.2. The molecule has 1 unspecified atom stereocenters. The molecule has 2 aromatic carbocycles. The topological polar surface area (TPSA) is 29.1 Å². The zero-order chi connectivity index (χ0) is 17.9. The average molecular weight is 408 g/mol. The van der Waals surface area contributed by atoms with Gasteiger partial charge in [0.2, 0.25) is 0 Å². The van der Waals surface area contributed by atoms with Gasteiger partial charge in [0, 0.05) is 0 Å². The first-order valence-electron chi connectivity index (χ1n) is 6.79. The van der Waals surface area contributed by atoms with Gasteiger partial charge in [-0.2, -0.15) is 0 Å². The van der Waals surface area contributed by atoms with Crippen LogP contribution in [0.1, 0.15) is 18.5 Å². The number of halogens is 5. The molecular formula is C16H12F5NOSe. The molecule has 0 radical (unpaired) electrons. The summed E-state index contributed by atoms with van der Waals surface area (Å²) in [5, 5.41) is 2.65. The summed E-state index contributed by atoms with van der Waals surface area (Å²) in [6.45, 7) is 1.28. The van der Waals surface area contributed by atoms with Crippen LogP contribution in [-0.4, -0.2) is 20.9 Å². The van der Waals surface area contributed by atoms with Gasteiger partial charge in [-0.25, -0.2) is 0 Å². The molecule has 2 rings (SSSR count). The molecule has 0 bridgehead atoms. The zero-order valence-corrected chi connectivity index (χ0v) is 14.1. The van der Waals surface area contributed by atoms with Crippen molar-refractivity contribution in [3.63, 3.8) is 0 Å². The van der Waals surface area contributed by atoms with E-state index in [0.717, 1.165) is 0 Å². The number of hydrogen-bond acceptors (Lipinski definition) is 1. The summed E-state index contributed by atoms with van der Waals surface area (Å²) in [6, 6.07) is 8.01. The van der Waals surface area contributed by atoms with Crippen LogP contribution >= 0.6 is 0 Å². The van der Waals surface area contributed by atoms with Crippen LogP contribution in [0, 0.1) is 29.1 Å². The van der Waals surface area contributed by atoms with Crippen molar-refractivity contribution in [2.75, 3.05) is 0 Å². The Morgan fingerprint density at radius 2 is 1.46 bits per heavy atom. The molecule has 1 atom stereocenters. The fourth-order valence-corrected chi connectivity index (χ4v) is 4.22. The predicted molar refractivity (Wildman–Crippen MR) is 79.4 cm³/mol. The maximum absolute atomic E-state index is 13.7. The Morgan fingerprint density at radius 1 is 0.958 bits per heavy atom. The van der Waals surface area contributed by atoms with Gasteiger partial charge in [0.15, 0.2) is 0 Å². The minimum atomic E-state index is -2.17. The Kier molecular flexibility index (Phi) is 5.96. The summed E-state index contributed by atoms with van der Waals surface area (Å²) in [6.07, 6.45) is 0. The monoisotopic (exact) mass is 409 g/mol. The van der Waals surface area contributed by atoms with Crippen LogP contribution in [0.5, 0.6) is 0 Å². The number of amides is 1. The number of nitrogens with one attached hydrogen (secondary N) is 1. The van der Waals surface area contributed by atoms with Crippen molar-refractivity contribution < 1.29 is 26.7 Å². The summed E-state index contributed by atoms with van der Waals surface area (Å²) >= 11 is -1.08. The molecule has 0 spiro atoms. The normalized spacial score (nSPS) is 12.1. The van der Waals surface area contributed by atoms with Crippen LogP contribution in [0.15, 0.2) is 30.3 Å². The molecule has 0 saturated heterocycles. The molecule has 0 heterocycles. The van der Waals surface area contributed by atoms with Crippen LogP contribution in [0.25, 0.3) is 0 Å². The molecule has 0 aromatic heterocycles. The van der Waals surface area contributed by atoms with E-state index >= 15 is 0 Å². The van der Waals surface area contributed by atoms with Crippen molar-refractivity contribution in [3.05, 3.63) is 65.0 Å². The first-order valence-corrected chi connectivity index (χ1v) is 8.86. The molecule has 1 amide bonds. The third kappa shape index (κ3) is 3.94. The Hall–Kier alpha value is -1.92. The van der Waals surface area contributed by atoms with Crippen LogP contribution < -0.4 is 9.78 Å². The van der Waals surface area contributed by atoms with Gasteiger partial charge in [-0.1, -0.05) is 0 Å². The van der Waals surface area contributed by atoms with E-state index in [1.807, 2.05) is 0 Å². The third-order valence-electron chi connectivity index (χ3n) is 3.14. The minimum absolute atomic E-state index is 0.0367. The van der Waals surface area contributed by atoms with E-state index in [9.17, 15) is 26.7 Å². The van der Waals surface area contributed by atoms with Crippen molar-refractivity contribution >= 4 is 25.3 Å². The molecule has 0 aliphatic carbocycles. The SMILES string of the molecule is CC(=O)NC(C[Se]c1c(F)c(F)c(F)c(F)c1F)c1ccccc1. The van der Waals surface area contributed by atoms with E-state index < -0.39 is 54.5 Å². The molecule has 0 aliphatic rings. The quantitative estimate of drug-likeness (QED) is 0.351. The molecular weight excluding hydrogens is 396 g/mol. The first-order chi connectivity index (χ1) is 11.3. The summed E-state index contributed by atoms with van der Waals surface area (Å²) in [5.41, 5.74) is 0.679. The van der Waals surface area contributed by atoms with E-state index in [1.54, 1.807) is 30.3 Å². The molecule has 24 heavy (non-hydrogen) atoms. The molecule has 0 aliphatic heterocycles. The second kappa shape index (κ2) is 7.77. The van der Waals surface area contributed by atoms with Gasteiger partial charge in [-0.3, -0.25) is 0 Å². The molecule has 2 aromatic rings. The fraction of sp³-hybridized carbons (Fsp3) is 0.188. The predicted octanol–water partition coefficient (Wildman–Crippen LogP) is 3.01. The van der Waals surface area contributed by atoms with Crippen molar-refractivity contribution in [1.29, 1.82) is 0 Å². The second-order valence-electron chi connectivity index (χ2n) is 4.87. The van der Waals surface area contributed by atoms with Crippen LogP contribution in [0.2, 0.25) is 5.32 Å². The van der Waals surface area contributed by atoms with Gasteiger partial charge >= 0.3 is 141 Å². The molecule has 1 N–H and O–H groups in total. The molecule has 0 fully saturated rings. The summed E-state index contributed by atoms with van der Waals surface area (Å²) in [4.78, 5) is 11.3. The van der Waals surface area contributed by atoms with E-state index in [1.165, 1.54) is 6.92 Å². The summed E-state index contributed by atoms with van der Waals surface area (Å²) in [7, 11) is 0. The standard InChI is InChI=1S/C16H12F5NOSe/c1-8(23)22-10(9-5-3-2-4-6-9)7-24-16-14(20)12(18)11(17)13(19)15(16)21/h2-6,10H,7H2,1H3,(H,22,23). The van der Waals surface area contributed by atoms with Crippen molar-refractivity contribution in [3.8, 4) is 0 Å². The fourth-order valence-electron chi connectivity index (χ4n) is 2.03. The Bertz CT molecular complexity index is 725. The molecule has 2 nitrogen and oxygen atoms in total. The van der Waals surface area contributed by atoms with Crippen LogP contribution in [0.3, 0.4) is 0 Å². The van der Waals surface area contributed by atoms with E-state index in [0.29, 0.717) is 5.56 Å². The Morgan fingerprint density at radius 3 is 1.96 bits per heavy atom. The Labute approximate surface area is 141 Å². The number of carbonyl (C=O) groups excluding carboxylic acids is 1. The van der Waals surface area contributed by atoms with Crippen LogP contribution in [-0.2, 0) is 4.79 Å². The van der Waals surface area contributed by atoms with Gasteiger partial charge in [-0.05, 0) is 0 Å². The maximum atomic E-state index is 13.7. The van der Waals surface area contributed by atoms with E-state index in [-0.39, 0.29) is 11.2 Å². The average Bonchev–Trinajstić information content (AvgIpc) is 2.57. The van der Waals surface area contributed by atoms with Crippen molar-refractivity contribution in [2.24, 2.45) is 0 Å². The van der Waals surface area contributed by atoms with E-state index in [4.69, 9.17) is 0 Å². The number of rotatable bonds is 5. The molecule has 0 saturated carbocycles. The Balaban J connectivity index is 2.29. The third-order valence-corrected chi connectivity index (χ3v) is 5.55. The summed E-state index contributed by atoms with van der Waals surface area (Å²) in [5.74, 6) is -10.1. The van der Waals surface area contributed by atoms with Crippen molar-refractivity contribution in [1.82, 2.24) is 5.32 Å². The molecule has 128 valence electrons. The van der Waals surface area contributed by atoms with Gasteiger partial charge < -0.3 is 0 Å². The number of hydrogen-bond donors (Lipinski definition) is 1. The second-order valence-corrected chi connectivity index (χ2v) is 7.04. The zero-order valence-electron chi connectivity index (χ0n) is 12.4. The van der Waals surface area contributed by atoms with Crippen molar-refractivity contribution in [2.45, 2.75) is 18.3 Å². The first kappa shape index (κ1) is 18.4. The van der Waals surface area contributed by atoms with Gasteiger partial charge in [0.05, 0.1) is 0 Å². The van der Waals surface area contributed by atoms with Gasteiger partial charge in [0.1, 0.15) is 0 Å². The van der Waals surface area contributed by atoms with Gasteiger partial charge in [0.25, 0.3) is 0 Å².